The Bertz CT molecular complexity index is 1160. The van der Waals surface area contributed by atoms with Gasteiger partial charge in [-0.25, -0.2) is 0 Å². The number of nitrogen functional groups attached to an aromatic ring is 3. The van der Waals surface area contributed by atoms with E-state index in [4.69, 9.17) is 17.2 Å². The second-order valence-corrected chi connectivity index (χ2v) is 10.5. The van der Waals surface area contributed by atoms with E-state index in [0.717, 1.165) is 23.5 Å². The second kappa shape index (κ2) is 7.03. The van der Waals surface area contributed by atoms with Crippen LogP contribution >= 0.6 is 0 Å². The summed E-state index contributed by atoms with van der Waals surface area (Å²) >= 11 is 0. The third-order valence-corrected chi connectivity index (χ3v) is 8.45. The first-order chi connectivity index (χ1) is 15.2. The van der Waals surface area contributed by atoms with E-state index in [2.05, 4.69) is 76.2 Å². The minimum Gasteiger partial charge on any atom is -0.399 e. The molecule has 0 heterocycles. The average Bonchev–Trinajstić information content (AvgIpc) is 3.24. The van der Waals surface area contributed by atoms with Gasteiger partial charge in [-0.3, -0.25) is 0 Å². The molecule has 3 nitrogen and oxygen atoms in total. The average molecular weight is 426 g/mol. The van der Waals surface area contributed by atoms with Gasteiger partial charge in [0.25, 0.3) is 0 Å². The lowest BCUT2D eigenvalue weighted by atomic mass is 9.51. The molecule has 3 unspecified atom stereocenters. The molecule has 2 fully saturated rings. The van der Waals surface area contributed by atoms with E-state index < -0.39 is 0 Å². The molecule has 2 aliphatic rings. The standard InChI is InChI=1S/C29H35N3/c1-17-11-24(31)12-18(2)26(17)28-10-9-21(15-28)16-29(28,22-5-7-23(30)8-6-22)27-19(3)13-25(32)14-20(27)4/h5-8,11-14,21H,9-10,15-16,30-32H2,1-4H3. The molecule has 0 aliphatic heterocycles. The maximum absolute atomic E-state index is 6.28. The molecule has 32 heavy (non-hydrogen) atoms. The Morgan fingerprint density at radius 3 is 1.66 bits per heavy atom. The number of hydrogen-bond acceptors (Lipinski definition) is 3. The highest BCUT2D eigenvalue weighted by molar-refractivity contribution is 5.63. The molecule has 0 amide bonds. The van der Waals surface area contributed by atoms with Crippen LogP contribution in [0, 0.1) is 33.6 Å². The van der Waals surface area contributed by atoms with Crippen molar-refractivity contribution in [3.63, 3.8) is 0 Å². The zero-order valence-corrected chi connectivity index (χ0v) is 19.8. The van der Waals surface area contributed by atoms with Crippen LogP contribution in [-0.4, -0.2) is 0 Å². The zero-order valence-electron chi connectivity index (χ0n) is 19.8. The van der Waals surface area contributed by atoms with Crippen LogP contribution in [0.2, 0.25) is 0 Å². The SMILES string of the molecule is Cc1cc(N)cc(C)c1C12CCC(C1)CC2(c1ccc(N)cc1)c1c(C)cc(N)cc1C. The summed E-state index contributed by atoms with van der Waals surface area (Å²) in [6.45, 7) is 8.96. The largest absolute Gasteiger partial charge is 0.399 e. The molecule has 3 aromatic carbocycles. The van der Waals surface area contributed by atoms with Gasteiger partial charge in [0.05, 0.1) is 0 Å². The van der Waals surface area contributed by atoms with E-state index >= 15 is 0 Å². The van der Waals surface area contributed by atoms with Crippen LogP contribution in [0.1, 0.15) is 64.6 Å². The van der Waals surface area contributed by atoms with Crippen molar-refractivity contribution in [1.82, 2.24) is 0 Å². The van der Waals surface area contributed by atoms with Crippen molar-refractivity contribution in [2.45, 2.75) is 64.2 Å². The zero-order chi connectivity index (χ0) is 22.8. The number of aryl methyl sites for hydroxylation is 4. The molecule has 3 heteroatoms. The lowest BCUT2D eigenvalue weighted by Gasteiger charge is -2.51. The Morgan fingerprint density at radius 1 is 0.656 bits per heavy atom. The van der Waals surface area contributed by atoms with Crippen LogP contribution in [0.4, 0.5) is 17.1 Å². The van der Waals surface area contributed by atoms with Crippen LogP contribution in [0.15, 0.2) is 48.5 Å². The first-order valence-corrected chi connectivity index (χ1v) is 11.8. The third kappa shape index (κ3) is 2.73. The second-order valence-electron chi connectivity index (χ2n) is 10.5. The molecule has 0 saturated heterocycles. The Labute approximate surface area is 192 Å². The molecule has 5 rings (SSSR count). The molecule has 0 spiro atoms. The first kappa shape index (κ1) is 20.9. The van der Waals surface area contributed by atoms with Gasteiger partial charge >= 0.3 is 0 Å². The fourth-order valence-corrected chi connectivity index (χ4v) is 7.85. The van der Waals surface area contributed by atoms with Gasteiger partial charge in [-0.15, -0.1) is 0 Å². The Hall–Kier alpha value is -2.94. The summed E-state index contributed by atoms with van der Waals surface area (Å²) in [5.41, 5.74) is 30.6. The first-order valence-electron chi connectivity index (χ1n) is 11.8. The number of anilines is 3. The van der Waals surface area contributed by atoms with Crippen LogP contribution < -0.4 is 17.2 Å². The summed E-state index contributed by atoms with van der Waals surface area (Å²) in [6, 6.07) is 17.3. The molecule has 3 aromatic rings. The predicted molar refractivity (Wildman–Crippen MR) is 136 cm³/mol. The molecular formula is C29H35N3. The molecular weight excluding hydrogens is 390 g/mol. The highest BCUT2D eigenvalue weighted by Gasteiger charge is 2.64. The van der Waals surface area contributed by atoms with E-state index in [1.807, 2.05) is 0 Å². The number of benzene rings is 3. The monoisotopic (exact) mass is 425 g/mol. The lowest BCUT2D eigenvalue weighted by molar-refractivity contribution is 0.263. The van der Waals surface area contributed by atoms with Gasteiger partial charge < -0.3 is 17.2 Å². The van der Waals surface area contributed by atoms with Gasteiger partial charge in [0.2, 0.25) is 0 Å². The maximum Gasteiger partial charge on any atom is 0.0319 e. The van der Waals surface area contributed by atoms with Gasteiger partial charge in [0.1, 0.15) is 0 Å². The number of hydrogen-bond donors (Lipinski definition) is 3. The maximum atomic E-state index is 6.28. The van der Waals surface area contributed by atoms with Gasteiger partial charge in [-0.05, 0) is 135 Å². The molecule has 0 aromatic heterocycles. The van der Waals surface area contributed by atoms with E-state index in [9.17, 15) is 0 Å². The molecule has 2 saturated carbocycles. The highest BCUT2D eigenvalue weighted by atomic mass is 14.7. The molecule has 2 bridgehead atoms. The van der Waals surface area contributed by atoms with Crippen LogP contribution in [-0.2, 0) is 10.8 Å². The smallest absolute Gasteiger partial charge is 0.0319 e. The van der Waals surface area contributed by atoms with Crippen molar-refractivity contribution in [3.8, 4) is 0 Å². The summed E-state index contributed by atoms with van der Waals surface area (Å²) in [4.78, 5) is 0. The summed E-state index contributed by atoms with van der Waals surface area (Å²) in [5, 5.41) is 0. The van der Waals surface area contributed by atoms with E-state index in [1.54, 1.807) is 0 Å². The fourth-order valence-electron chi connectivity index (χ4n) is 7.85. The molecule has 0 radical (unpaired) electrons. The summed E-state index contributed by atoms with van der Waals surface area (Å²) in [5.74, 6) is 0.709. The van der Waals surface area contributed by atoms with Crippen LogP contribution in [0.25, 0.3) is 0 Å². The quantitative estimate of drug-likeness (QED) is 0.444. The van der Waals surface area contributed by atoms with E-state index in [0.29, 0.717) is 5.92 Å². The number of fused-ring (bicyclic) bond motifs is 2. The Kier molecular flexibility index (Phi) is 4.60. The van der Waals surface area contributed by atoms with Gasteiger partial charge in [0.15, 0.2) is 0 Å². The van der Waals surface area contributed by atoms with Crippen molar-refractivity contribution in [2.75, 3.05) is 17.2 Å². The van der Waals surface area contributed by atoms with Crippen molar-refractivity contribution >= 4 is 17.1 Å². The Morgan fingerprint density at radius 2 is 1.16 bits per heavy atom. The molecule has 3 atom stereocenters. The van der Waals surface area contributed by atoms with Gasteiger partial charge in [0, 0.05) is 27.9 Å². The molecule has 166 valence electrons. The minimum atomic E-state index is -0.114. The van der Waals surface area contributed by atoms with Crippen molar-refractivity contribution in [3.05, 3.63) is 87.5 Å². The van der Waals surface area contributed by atoms with Crippen molar-refractivity contribution < 1.29 is 0 Å². The Balaban J connectivity index is 1.91. The van der Waals surface area contributed by atoms with Gasteiger partial charge in [-0.2, -0.15) is 0 Å². The highest BCUT2D eigenvalue weighted by Crippen LogP contribution is 2.69. The molecule has 2 aliphatic carbocycles. The lowest BCUT2D eigenvalue weighted by Crippen LogP contribution is -2.48. The number of rotatable bonds is 3. The van der Waals surface area contributed by atoms with Crippen molar-refractivity contribution in [1.29, 1.82) is 0 Å². The molecule has 6 N–H and O–H groups in total. The normalized spacial score (nSPS) is 26.6. The van der Waals surface area contributed by atoms with Crippen LogP contribution in [0.5, 0.6) is 0 Å². The minimum absolute atomic E-state index is 0.0291. The topological polar surface area (TPSA) is 78.1 Å². The van der Waals surface area contributed by atoms with E-state index in [1.165, 1.54) is 58.2 Å². The summed E-state index contributed by atoms with van der Waals surface area (Å²) < 4.78 is 0. The van der Waals surface area contributed by atoms with Crippen molar-refractivity contribution in [2.24, 2.45) is 5.92 Å². The summed E-state index contributed by atoms with van der Waals surface area (Å²) in [7, 11) is 0. The van der Waals surface area contributed by atoms with Gasteiger partial charge in [-0.1, -0.05) is 12.1 Å². The van der Waals surface area contributed by atoms with E-state index in [-0.39, 0.29) is 10.8 Å². The third-order valence-electron chi connectivity index (χ3n) is 8.45. The predicted octanol–water partition coefficient (Wildman–Crippen LogP) is 6.09. The summed E-state index contributed by atoms with van der Waals surface area (Å²) in [6.07, 6.45) is 4.85. The van der Waals surface area contributed by atoms with Crippen LogP contribution in [0.3, 0.4) is 0 Å². The number of nitrogens with two attached hydrogens (primary N) is 3. The fraction of sp³-hybridized carbons (Fsp3) is 0.379.